The van der Waals surface area contributed by atoms with Gasteiger partial charge in [0.25, 0.3) is 5.56 Å². The summed E-state index contributed by atoms with van der Waals surface area (Å²) < 4.78 is 7.22. The molecular weight excluding hydrogens is 356 g/mol. The zero-order valence-corrected chi connectivity index (χ0v) is 16.4. The number of likely N-dealkylation sites (tertiary alicyclic amines) is 1. The second kappa shape index (κ2) is 8.28. The van der Waals surface area contributed by atoms with Gasteiger partial charge in [-0.1, -0.05) is 6.58 Å². The van der Waals surface area contributed by atoms with Crippen LogP contribution in [0.4, 0.5) is 5.95 Å². The zero-order valence-electron chi connectivity index (χ0n) is 16.4. The number of nitrogens with one attached hydrogen (secondary N) is 1. The van der Waals surface area contributed by atoms with E-state index in [4.69, 9.17) is 9.72 Å². The molecule has 2 aromatic heterocycles. The van der Waals surface area contributed by atoms with E-state index in [9.17, 15) is 4.79 Å². The van der Waals surface area contributed by atoms with Crippen molar-refractivity contribution in [1.29, 1.82) is 0 Å². The number of aromatic amines is 1. The Labute approximate surface area is 164 Å². The third-order valence-corrected chi connectivity index (χ3v) is 5.70. The van der Waals surface area contributed by atoms with E-state index < -0.39 is 0 Å². The molecule has 8 heteroatoms. The fourth-order valence-electron chi connectivity index (χ4n) is 4.08. The van der Waals surface area contributed by atoms with Crippen LogP contribution < -0.4 is 10.5 Å². The van der Waals surface area contributed by atoms with E-state index in [-0.39, 0.29) is 11.5 Å². The van der Waals surface area contributed by atoms with Crippen molar-refractivity contribution in [2.75, 3.05) is 44.3 Å². The molecule has 0 spiro atoms. The summed E-state index contributed by atoms with van der Waals surface area (Å²) in [5.41, 5.74) is 3.16. The van der Waals surface area contributed by atoms with Crippen LogP contribution in [0.1, 0.15) is 35.7 Å². The number of H-pyrrole nitrogens is 1. The van der Waals surface area contributed by atoms with Gasteiger partial charge in [0, 0.05) is 55.6 Å². The summed E-state index contributed by atoms with van der Waals surface area (Å²) in [6.07, 6.45) is 5.80. The molecule has 4 heterocycles. The van der Waals surface area contributed by atoms with E-state index in [1.165, 1.54) is 5.56 Å². The summed E-state index contributed by atoms with van der Waals surface area (Å²) in [4.78, 5) is 24.5. The van der Waals surface area contributed by atoms with Crippen molar-refractivity contribution in [3.63, 3.8) is 0 Å². The predicted octanol–water partition coefficient (Wildman–Crippen LogP) is 1.59. The topological polar surface area (TPSA) is 79.3 Å². The van der Waals surface area contributed by atoms with Gasteiger partial charge in [0.05, 0.1) is 25.1 Å². The third-order valence-electron chi connectivity index (χ3n) is 5.70. The molecule has 1 atom stereocenters. The smallest absolute Gasteiger partial charge is 0.252 e. The molecule has 150 valence electrons. The van der Waals surface area contributed by atoms with Gasteiger partial charge in [0.15, 0.2) is 0 Å². The molecule has 2 aliphatic heterocycles. The first-order valence-corrected chi connectivity index (χ1v) is 9.96. The van der Waals surface area contributed by atoms with E-state index in [2.05, 4.69) is 33.4 Å². The average molecular weight is 384 g/mol. The molecule has 0 amide bonds. The first-order chi connectivity index (χ1) is 13.6. The van der Waals surface area contributed by atoms with Gasteiger partial charge in [-0.25, -0.2) is 9.67 Å². The Hall–Kier alpha value is -2.45. The normalized spacial score (nSPS) is 21.0. The molecule has 2 aliphatic rings. The van der Waals surface area contributed by atoms with E-state index in [0.29, 0.717) is 19.2 Å². The number of hydrogen-bond acceptors (Lipinski definition) is 6. The number of hydrogen-bond donors (Lipinski definition) is 1. The van der Waals surface area contributed by atoms with Crippen LogP contribution in [0, 0.1) is 6.92 Å². The highest BCUT2D eigenvalue weighted by molar-refractivity contribution is 5.32. The zero-order chi connectivity index (χ0) is 19.5. The maximum atomic E-state index is 12.3. The monoisotopic (exact) mass is 384 g/mol. The van der Waals surface area contributed by atoms with E-state index in [1.54, 1.807) is 12.3 Å². The summed E-state index contributed by atoms with van der Waals surface area (Å²) in [5.74, 6) is 0.941. The molecule has 0 unspecified atom stereocenters. The minimum atomic E-state index is -0.0771. The Balaban J connectivity index is 1.49. The number of nitrogens with zero attached hydrogens (tertiary/aromatic N) is 5. The molecular formula is C20H28N6O2. The molecule has 0 aliphatic carbocycles. The Morgan fingerprint density at radius 1 is 1.36 bits per heavy atom. The quantitative estimate of drug-likeness (QED) is 0.843. The van der Waals surface area contributed by atoms with Crippen LogP contribution in [0.25, 0.3) is 6.20 Å². The van der Waals surface area contributed by atoms with Gasteiger partial charge in [0.2, 0.25) is 5.95 Å². The molecule has 0 aromatic carbocycles. The van der Waals surface area contributed by atoms with E-state index in [0.717, 1.165) is 57.0 Å². The van der Waals surface area contributed by atoms with Crippen molar-refractivity contribution in [3.05, 3.63) is 46.1 Å². The Morgan fingerprint density at radius 3 is 2.93 bits per heavy atom. The van der Waals surface area contributed by atoms with Crippen LogP contribution in [0.3, 0.4) is 0 Å². The second-order valence-electron chi connectivity index (χ2n) is 7.55. The van der Waals surface area contributed by atoms with Crippen molar-refractivity contribution >= 4 is 12.1 Å². The van der Waals surface area contributed by atoms with Crippen LogP contribution in [-0.4, -0.2) is 64.0 Å². The minimum Gasteiger partial charge on any atom is -0.378 e. The molecule has 2 aromatic rings. The van der Waals surface area contributed by atoms with Crippen molar-refractivity contribution in [2.45, 2.75) is 32.2 Å². The molecule has 0 bridgehead atoms. The van der Waals surface area contributed by atoms with Crippen LogP contribution >= 0.6 is 0 Å². The summed E-state index contributed by atoms with van der Waals surface area (Å²) in [5, 5.41) is 4.35. The van der Waals surface area contributed by atoms with Crippen molar-refractivity contribution < 1.29 is 4.74 Å². The number of morpholine rings is 1. The first-order valence-electron chi connectivity index (χ1n) is 9.96. The maximum Gasteiger partial charge on any atom is 0.252 e. The highest BCUT2D eigenvalue weighted by Gasteiger charge is 2.25. The van der Waals surface area contributed by atoms with Gasteiger partial charge in [-0.2, -0.15) is 5.10 Å². The Kier molecular flexibility index (Phi) is 5.59. The van der Waals surface area contributed by atoms with Gasteiger partial charge < -0.3 is 9.64 Å². The molecule has 2 fully saturated rings. The number of aromatic nitrogens is 4. The van der Waals surface area contributed by atoms with Crippen LogP contribution in [0.5, 0.6) is 0 Å². The van der Waals surface area contributed by atoms with E-state index in [1.807, 2.05) is 10.9 Å². The SMILES string of the molecule is C=Cn1ncc(CN2CCC[C@H](c3cc(=O)[nH]c(N4CCOCC4)n3)C2)c1C. The van der Waals surface area contributed by atoms with Crippen molar-refractivity contribution in [2.24, 2.45) is 0 Å². The number of piperidine rings is 1. The van der Waals surface area contributed by atoms with Gasteiger partial charge in [-0.15, -0.1) is 0 Å². The molecule has 0 saturated carbocycles. The fourth-order valence-corrected chi connectivity index (χ4v) is 4.08. The summed E-state index contributed by atoms with van der Waals surface area (Å²) in [7, 11) is 0. The van der Waals surface area contributed by atoms with Gasteiger partial charge in [-0.3, -0.25) is 14.7 Å². The molecule has 0 radical (unpaired) electrons. The lowest BCUT2D eigenvalue weighted by molar-refractivity contribution is 0.122. The standard InChI is InChI=1S/C20H28N6O2/c1-3-26-15(2)17(12-21-26)14-24-6-4-5-16(13-24)18-11-19(27)23-20(22-18)25-7-9-28-10-8-25/h3,11-12,16H,1,4-10,13-14H2,2H3,(H,22,23,27)/t16-/m0/s1. The largest absolute Gasteiger partial charge is 0.378 e. The molecule has 2 saturated heterocycles. The lowest BCUT2D eigenvalue weighted by Gasteiger charge is -2.33. The fraction of sp³-hybridized carbons (Fsp3) is 0.550. The van der Waals surface area contributed by atoms with Crippen LogP contribution in [-0.2, 0) is 11.3 Å². The highest BCUT2D eigenvalue weighted by Crippen LogP contribution is 2.27. The van der Waals surface area contributed by atoms with Crippen molar-refractivity contribution in [3.8, 4) is 0 Å². The second-order valence-corrected chi connectivity index (χ2v) is 7.55. The first kappa shape index (κ1) is 18.9. The maximum absolute atomic E-state index is 12.3. The number of rotatable bonds is 5. The lowest BCUT2D eigenvalue weighted by atomic mass is 9.94. The molecule has 8 nitrogen and oxygen atoms in total. The van der Waals surface area contributed by atoms with Crippen molar-refractivity contribution in [1.82, 2.24) is 24.6 Å². The summed E-state index contributed by atoms with van der Waals surface area (Å²) in [6, 6.07) is 1.67. The molecule has 28 heavy (non-hydrogen) atoms. The summed E-state index contributed by atoms with van der Waals surface area (Å²) in [6.45, 7) is 11.5. The Morgan fingerprint density at radius 2 is 2.18 bits per heavy atom. The lowest BCUT2D eigenvalue weighted by Crippen LogP contribution is -2.39. The van der Waals surface area contributed by atoms with E-state index >= 15 is 0 Å². The number of anilines is 1. The third kappa shape index (κ3) is 4.02. The molecule has 4 rings (SSSR count). The predicted molar refractivity (Wildman–Crippen MR) is 108 cm³/mol. The minimum absolute atomic E-state index is 0.0771. The Bertz CT molecular complexity index is 883. The van der Waals surface area contributed by atoms with Crippen LogP contribution in [0.15, 0.2) is 23.6 Å². The van der Waals surface area contributed by atoms with Gasteiger partial charge in [0.1, 0.15) is 0 Å². The summed E-state index contributed by atoms with van der Waals surface area (Å²) >= 11 is 0. The molecule has 1 N–H and O–H groups in total. The number of ether oxygens (including phenoxy) is 1. The van der Waals surface area contributed by atoms with Gasteiger partial charge in [-0.05, 0) is 26.3 Å². The van der Waals surface area contributed by atoms with Gasteiger partial charge >= 0.3 is 0 Å². The van der Waals surface area contributed by atoms with Crippen LogP contribution in [0.2, 0.25) is 0 Å². The average Bonchev–Trinajstić information content (AvgIpc) is 3.08. The highest BCUT2D eigenvalue weighted by atomic mass is 16.5.